The number of halogens is 1. The number of carbonyl (C=O) groups excluding carboxylic acids is 1. The van der Waals surface area contributed by atoms with Gasteiger partial charge in [-0.25, -0.2) is 13.4 Å². The molecule has 0 saturated heterocycles. The van der Waals surface area contributed by atoms with Crippen molar-refractivity contribution in [3.05, 3.63) is 28.8 Å². The molecule has 1 rings (SSSR count). The van der Waals surface area contributed by atoms with Crippen LogP contribution in [0.2, 0.25) is 5.02 Å². The van der Waals surface area contributed by atoms with Gasteiger partial charge in [-0.2, -0.15) is 0 Å². The summed E-state index contributed by atoms with van der Waals surface area (Å²) in [5.74, 6) is -0.609. The summed E-state index contributed by atoms with van der Waals surface area (Å²) in [6.45, 7) is 3.07. The van der Waals surface area contributed by atoms with Crippen LogP contribution < -0.4 is 0 Å². The molecule has 0 heterocycles. The number of nitrogens with zero attached hydrogens (tertiary/aromatic N) is 1. The Morgan fingerprint density at radius 2 is 2.00 bits per heavy atom. The van der Waals surface area contributed by atoms with Gasteiger partial charge in [-0.1, -0.05) is 11.6 Å². The molecule has 4 nitrogen and oxygen atoms in total. The van der Waals surface area contributed by atoms with Crippen LogP contribution in [-0.2, 0) is 9.84 Å². The Balaban J connectivity index is 3.42. The summed E-state index contributed by atoms with van der Waals surface area (Å²) in [4.78, 5) is 14.3. The van der Waals surface area contributed by atoms with Gasteiger partial charge >= 0.3 is 0 Å². The van der Waals surface area contributed by atoms with E-state index in [1.807, 2.05) is 0 Å². The molecule has 0 spiro atoms. The Kier molecular flexibility index (Phi) is 3.26. The monoisotopic (exact) mass is 245 g/mol. The summed E-state index contributed by atoms with van der Waals surface area (Å²) in [5, 5.41) is 0.171. The SMILES string of the molecule is C=NC(=O)c1cc(Cl)cc(S(C)(=O)=O)c1. The first-order valence-corrected chi connectivity index (χ1v) is 6.13. The highest BCUT2D eigenvalue weighted by Crippen LogP contribution is 2.19. The minimum atomic E-state index is -3.39. The van der Waals surface area contributed by atoms with E-state index in [1.54, 1.807) is 0 Å². The van der Waals surface area contributed by atoms with Crippen molar-refractivity contribution in [2.75, 3.05) is 6.26 Å². The number of hydrogen-bond acceptors (Lipinski definition) is 3. The van der Waals surface area contributed by atoms with Crippen LogP contribution >= 0.6 is 11.6 Å². The topological polar surface area (TPSA) is 63.6 Å². The smallest absolute Gasteiger partial charge is 0.267 e. The van der Waals surface area contributed by atoms with Crippen molar-refractivity contribution in [1.29, 1.82) is 0 Å². The maximum absolute atomic E-state index is 11.2. The second kappa shape index (κ2) is 4.12. The molecule has 0 fully saturated rings. The van der Waals surface area contributed by atoms with Crippen LogP contribution in [0, 0.1) is 0 Å². The molecule has 0 radical (unpaired) electrons. The molecule has 1 aromatic carbocycles. The minimum Gasteiger partial charge on any atom is -0.267 e. The van der Waals surface area contributed by atoms with E-state index in [2.05, 4.69) is 11.7 Å². The van der Waals surface area contributed by atoms with Gasteiger partial charge in [0.05, 0.1) is 4.90 Å². The number of rotatable bonds is 2. The van der Waals surface area contributed by atoms with E-state index in [0.29, 0.717) is 0 Å². The normalized spacial score (nSPS) is 11.1. The molecular formula is C9H8ClNO3S. The van der Waals surface area contributed by atoms with E-state index in [4.69, 9.17) is 11.6 Å². The molecule has 0 atom stereocenters. The third kappa shape index (κ3) is 2.87. The summed E-state index contributed by atoms with van der Waals surface area (Å²) in [5.41, 5.74) is 0.109. The van der Waals surface area contributed by atoms with E-state index in [-0.39, 0.29) is 15.5 Å². The lowest BCUT2D eigenvalue weighted by Crippen LogP contribution is -2.01. The van der Waals surface area contributed by atoms with E-state index in [1.165, 1.54) is 18.2 Å². The highest BCUT2D eigenvalue weighted by Gasteiger charge is 2.12. The average molecular weight is 246 g/mol. The second-order valence-electron chi connectivity index (χ2n) is 2.91. The summed E-state index contributed by atoms with van der Waals surface area (Å²) < 4.78 is 22.5. The van der Waals surface area contributed by atoms with Crippen molar-refractivity contribution < 1.29 is 13.2 Å². The Morgan fingerprint density at radius 1 is 1.40 bits per heavy atom. The fourth-order valence-electron chi connectivity index (χ4n) is 0.992. The molecule has 80 valence electrons. The van der Waals surface area contributed by atoms with Gasteiger partial charge in [0, 0.05) is 16.8 Å². The molecular weight excluding hydrogens is 238 g/mol. The van der Waals surface area contributed by atoms with E-state index in [0.717, 1.165) is 6.26 Å². The fourth-order valence-corrected chi connectivity index (χ4v) is 1.97. The van der Waals surface area contributed by atoms with Crippen LogP contribution in [0.5, 0.6) is 0 Å². The van der Waals surface area contributed by atoms with E-state index >= 15 is 0 Å². The average Bonchev–Trinajstić information content (AvgIpc) is 2.14. The first-order chi connectivity index (χ1) is 6.84. The Morgan fingerprint density at radius 3 is 2.47 bits per heavy atom. The zero-order valence-corrected chi connectivity index (χ0v) is 9.47. The Hall–Kier alpha value is -1.20. The van der Waals surface area contributed by atoms with E-state index in [9.17, 15) is 13.2 Å². The molecule has 6 heteroatoms. The quantitative estimate of drug-likeness (QED) is 0.743. The number of benzene rings is 1. The molecule has 1 amide bonds. The van der Waals surface area contributed by atoms with Gasteiger partial charge in [-0.15, -0.1) is 0 Å². The lowest BCUT2D eigenvalue weighted by molar-refractivity contribution is 0.100. The zero-order chi connectivity index (χ0) is 11.6. The highest BCUT2D eigenvalue weighted by atomic mass is 35.5. The van der Waals surface area contributed by atoms with Gasteiger partial charge in [0.15, 0.2) is 9.84 Å². The lowest BCUT2D eigenvalue weighted by atomic mass is 10.2. The predicted octanol–water partition coefficient (Wildman–Crippen LogP) is 1.58. The standard InChI is InChI=1S/C9H8ClNO3S/c1-11-9(12)6-3-7(10)5-8(4-6)15(2,13)14/h3-5H,1H2,2H3. The number of hydrogen-bond donors (Lipinski definition) is 0. The lowest BCUT2D eigenvalue weighted by Gasteiger charge is -2.01. The molecule has 15 heavy (non-hydrogen) atoms. The van der Waals surface area contributed by atoms with Gasteiger partial charge in [0.1, 0.15) is 0 Å². The summed E-state index contributed by atoms with van der Waals surface area (Å²) in [7, 11) is -3.39. The third-order valence-corrected chi connectivity index (χ3v) is 3.00. The van der Waals surface area contributed by atoms with Crippen molar-refractivity contribution in [2.45, 2.75) is 4.90 Å². The Labute approximate surface area is 92.5 Å². The van der Waals surface area contributed by atoms with Gasteiger partial charge < -0.3 is 0 Å². The third-order valence-electron chi connectivity index (χ3n) is 1.69. The van der Waals surface area contributed by atoms with Crippen molar-refractivity contribution in [3.63, 3.8) is 0 Å². The number of carbonyl (C=O) groups is 1. The van der Waals surface area contributed by atoms with Gasteiger partial charge in [-0.05, 0) is 24.9 Å². The van der Waals surface area contributed by atoms with Crippen LogP contribution in [0.15, 0.2) is 28.1 Å². The Bertz CT molecular complexity index is 522. The van der Waals surface area contributed by atoms with Crippen LogP contribution in [0.1, 0.15) is 10.4 Å². The van der Waals surface area contributed by atoms with Gasteiger partial charge in [-0.3, -0.25) is 4.79 Å². The summed E-state index contributed by atoms with van der Waals surface area (Å²) >= 11 is 5.68. The highest BCUT2D eigenvalue weighted by molar-refractivity contribution is 7.90. The van der Waals surface area contributed by atoms with Crippen LogP contribution in [0.3, 0.4) is 0 Å². The van der Waals surface area contributed by atoms with Gasteiger partial charge in [0.25, 0.3) is 5.91 Å². The molecule has 0 aliphatic heterocycles. The van der Waals surface area contributed by atoms with Crippen LogP contribution in [0.4, 0.5) is 0 Å². The van der Waals surface area contributed by atoms with Crippen molar-refractivity contribution in [1.82, 2.24) is 0 Å². The minimum absolute atomic E-state index is 0.0120. The fraction of sp³-hybridized carbons (Fsp3) is 0.111. The number of aliphatic imine (C=N–C) groups is 1. The summed E-state index contributed by atoms with van der Waals surface area (Å²) in [6, 6.07) is 3.84. The molecule has 0 N–H and O–H groups in total. The molecule has 0 aliphatic rings. The maximum Gasteiger partial charge on any atom is 0.276 e. The van der Waals surface area contributed by atoms with Crippen LogP contribution in [-0.4, -0.2) is 27.3 Å². The first kappa shape index (κ1) is 11.9. The van der Waals surface area contributed by atoms with Crippen molar-refractivity contribution in [3.8, 4) is 0 Å². The molecule has 0 unspecified atom stereocenters. The second-order valence-corrected chi connectivity index (χ2v) is 5.36. The van der Waals surface area contributed by atoms with Gasteiger partial charge in [0.2, 0.25) is 0 Å². The van der Waals surface area contributed by atoms with E-state index < -0.39 is 15.7 Å². The molecule has 1 aromatic rings. The van der Waals surface area contributed by atoms with Crippen molar-refractivity contribution in [2.24, 2.45) is 4.99 Å². The molecule has 0 aliphatic carbocycles. The zero-order valence-electron chi connectivity index (χ0n) is 7.90. The maximum atomic E-state index is 11.2. The largest absolute Gasteiger partial charge is 0.276 e. The molecule has 0 bridgehead atoms. The van der Waals surface area contributed by atoms with Crippen LogP contribution in [0.25, 0.3) is 0 Å². The predicted molar refractivity (Wildman–Crippen MR) is 58.4 cm³/mol. The molecule has 0 saturated carbocycles. The number of sulfone groups is 1. The summed E-state index contributed by atoms with van der Waals surface area (Å²) in [6.07, 6.45) is 1.04. The first-order valence-electron chi connectivity index (χ1n) is 3.86. The number of amides is 1. The molecule has 0 aromatic heterocycles. The van der Waals surface area contributed by atoms with Crippen molar-refractivity contribution >= 4 is 34.1 Å².